The zero-order valence-electron chi connectivity index (χ0n) is 14.4. The van der Waals surface area contributed by atoms with Crippen LogP contribution in [0.3, 0.4) is 0 Å². The lowest BCUT2D eigenvalue weighted by Gasteiger charge is -2.25. The minimum Gasteiger partial charge on any atom is -0.441 e. The van der Waals surface area contributed by atoms with Gasteiger partial charge in [-0.15, -0.1) is 0 Å². The molecule has 7 nitrogen and oxygen atoms in total. The number of hydrogen-bond acceptors (Lipinski definition) is 5. The van der Waals surface area contributed by atoms with Crippen molar-refractivity contribution < 1.29 is 22.1 Å². The standard InChI is InChI=1S/C17H24N2O5S/c1-12(2)9-15(18-25(20,21)22)13-3-4-16-14(10-13)11-17(24-16)19-5-7-23-8-6-19/h3-4,10-12,15,18H,5-9H2,1-2H3,(H,20,21,22). The van der Waals surface area contributed by atoms with Crippen LogP contribution in [0.2, 0.25) is 0 Å². The smallest absolute Gasteiger partial charge is 0.333 e. The summed E-state index contributed by atoms with van der Waals surface area (Å²) in [6.45, 7) is 6.94. The molecule has 2 N–H and O–H groups in total. The van der Waals surface area contributed by atoms with Gasteiger partial charge in [-0.3, -0.25) is 4.55 Å². The molecule has 1 unspecified atom stereocenters. The summed E-state index contributed by atoms with van der Waals surface area (Å²) < 4.78 is 45.3. The molecule has 1 saturated heterocycles. The van der Waals surface area contributed by atoms with Gasteiger partial charge in [0.2, 0.25) is 0 Å². The molecule has 8 heteroatoms. The predicted octanol–water partition coefficient (Wildman–Crippen LogP) is 2.75. The summed E-state index contributed by atoms with van der Waals surface area (Å²) in [7, 11) is -4.28. The fraction of sp³-hybridized carbons (Fsp3) is 0.529. The lowest BCUT2D eigenvalue weighted by molar-refractivity contribution is 0.121. The molecule has 3 rings (SSSR count). The van der Waals surface area contributed by atoms with Gasteiger partial charge in [0.05, 0.1) is 13.2 Å². The number of fused-ring (bicyclic) bond motifs is 1. The van der Waals surface area contributed by atoms with Crippen molar-refractivity contribution in [2.45, 2.75) is 26.3 Å². The Morgan fingerprint density at radius 2 is 1.96 bits per heavy atom. The summed E-state index contributed by atoms with van der Waals surface area (Å²) in [6, 6.07) is 7.06. The molecule has 0 saturated carbocycles. The highest BCUT2D eigenvalue weighted by molar-refractivity contribution is 7.83. The van der Waals surface area contributed by atoms with Gasteiger partial charge in [-0.25, -0.2) is 0 Å². The molecule has 1 atom stereocenters. The molecule has 0 radical (unpaired) electrons. The van der Waals surface area contributed by atoms with Crippen molar-refractivity contribution in [2.75, 3.05) is 31.2 Å². The van der Waals surface area contributed by atoms with E-state index in [9.17, 15) is 13.0 Å². The second-order valence-electron chi connectivity index (χ2n) is 6.76. The van der Waals surface area contributed by atoms with Crippen molar-refractivity contribution in [3.8, 4) is 0 Å². The number of benzene rings is 1. The van der Waals surface area contributed by atoms with Crippen LogP contribution in [0.25, 0.3) is 11.0 Å². The summed E-state index contributed by atoms with van der Waals surface area (Å²) in [5.74, 6) is 1.06. The van der Waals surface area contributed by atoms with Crippen molar-refractivity contribution in [3.05, 3.63) is 29.8 Å². The molecule has 1 aliphatic rings. The lowest BCUT2D eigenvalue weighted by atomic mass is 9.97. The van der Waals surface area contributed by atoms with Gasteiger partial charge in [-0.1, -0.05) is 19.9 Å². The highest BCUT2D eigenvalue weighted by Gasteiger charge is 2.21. The summed E-state index contributed by atoms with van der Waals surface area (Å²) >= 11 is 0. The van der Waals surface area contributed by atoms with Crippen molar-refractivity contribution in [3.63, 3.8) is 0 Å². The monoisotopic (exact) mass is 368 g/mol. The first-order valence-electron chi connectivity index (χ1n) is 8.43. The number of rotatable bonds is 6. The van der Waals surface area contributed by atoms with Crippen LogP contribution >= 0.6 is 0 Å². The summed E-state index contributed by atoms with van der Waals surface area (Å²) in [5.41, 5.74) is 1.55. The number of furan rings is 1. The fourth-order valence-corrected chi connectivity index (χ4v) is 3.70. The quantitative estimate of drug-likeness (QED) is 0.762. The molecule has 2 aromatic rings. The van der Waals surface area contributed by atoms with Gasteiger partial charge in [0.25, 0.3) is 0 Å². The number of nitrogens with one attached hydrogen (secondary N) is 1. The van der Waals surface area contributed by atoms with Gasteiger partial charge in [0.15, 0.2) is 5.88 Å². The second kappa shape index (κ2) is 7.33. The van der Waals surface area contributed by atoms with Crippen LogP contribution in [-0.2, 0) is 15.0 Å². The number of nitrogens with zero attached hydrogens (tertiary/aromatic N) is 1. The topological polar surface area (TPSA) is 92.0 Å². The largest absolute Gasteiger partial charge is 0.441 e. The maximum absolute atomic E-state index is 11.3. The number of ether oxygens (including phenoxy) is 1. The Balaban J connectivity index is 1.89. The van der Waals surface area contributed by atoms with Crippen LogP contribution in [0.1, 0.15) is 31.9 Å². The summed E-state index contributed by atoms with van der Waals surface area (Å²) in [5, 5.41) is 0.907. The van der Waals surface area contributed by atoms with Gasteiger partial charge in [-0.2, -0.15) is 13.1 Å². The van der Waals surface area contributed by atoms with Crippen LogP contribution in [-0.4, -0.2) is 39.3 Å². The van der Waals surface area contributed by atoms with Crippen LogP contribution < -0.4 is 9.62 Å². The molecule has 0 spiro atoms. The molecule has 138 valence electrons. The molecule has 25 heavy (non-hydrogen) atoms. The van der Waals surface area contributed by atoms with E-state index in [1.807, 2.05) is 38.1 Å². The highest BCUT2D eigenvalue weighted by Crippen LogP contribution is 2.30. The maximum Gasteiger partial charge on any atom is 0.333 e. The molecule has 1 aromatic carbocycles. The zero-order chi connectivity index (χ0) is 18.0. The number of morpholine rings is 1. The Bertz CT molecular complexity index is 825. The molecule has 0 amide bonds. The Hall–Kier alpha value is -1.61. The van der Waals surface area contributed by atoms with E-state index < -0.39 is 16.3 Å². The molecule has 1 aromatic heterocycles. The minimum absolute atomic E-state index is 0.267. The average molecular weight is 368 g/mol. The van der Waals surface area contributed by atoms with Crippen LogP contribution in [0, 0.1) is 5.92 Å². The summed E-state index contributed by atoms with van der Waals surface area (Å²) in [6.07, 6.45) is 0.583. The Labute approximate surface area is 147 Å². The third-order valence-electron chi connectivity index (χ3n) is 4.25. The number of hydrogen-bond donors (Lipinski definition) is 2. The van der Waals surface area contributed by atoms with Gasteiger partial charge < -0.3 is 14.1 Å². The van der Waals surface area contributed by atoms with E-state index in [4.69, 9.17) is 9.15 Å². The van der Waals surface area contributed by atoms with E-state index in [1.165, 1.54) is 0 Å². The van der Waals surface area contributed by atoms with E-state index in [1.54, 1.807) is 0 Å². The summed E-state index contributed by atoms with van der Waals surface area (Å²) in [4.78, 5) is 2.13. The number of anilines is 1. The van der Waals surface area contributed by atoms with E-state index in [-0.39, 0.29) is 5.92 Å². The molecule has 2 heterocycles. The van der Waals surface area contributed by atoms with Crippen LogP contribution in [0.4, 0.5) is 5.88 Å². The highest BCUT2D eigenvalue weighted by atomic mass is 32.2. The van der Waals surface area contributed by atoms with Crippen molar-refractivity contribution in [1.82, 2.24) is 4.72 Å². The zero-order valence-corrected chi connectivity index (χ0v) is 15.3. The Morgan fingerprint density at radius 1 is 1.24 bits per heavy atom. The molecule has 1 aliphatic heterocycles. The van der Waals surface area contributed by atoms with Crippen molar-refractivity contribution in [2.24, 2.45) is 5.92 Å². The Kier molecular flexibility index (Phi) is 5.33. The minimum atomic E-state index is -4.28. The van der Waals surface area contributed by atoms with Crippen molar-refractivity contribution in [1.29, 1.82) is 0 Å². The van der Waals surface area contributed by atoms with Crippen LogP contribution in [0.5, 0.6) is 0 Å². The van der Waals surface area contributed by atoms with E-state index >= 15 is 0 Å². The molecule has 0 bridgehead atoms. The molecule has 0 aliphatic carbocycles. The first kappa shape index (κ1) is 18.2. The lowest BCUT2D eigenvalue weighted by Crippen LogP contribution is -2.35. The maximum atomic E-state index is 11.3. The fourth-order valence-electron chi connectivity index (χ4n) is 3.11. The SMILES string of the molecule is CC(C)CC(NS(=O)(=O)O)c1ccc2oc(N3CCOCC3)cc2c1. The third kappa shape index (κ3) is 4.72. The second-order valence-corrected chi connectivity index (χ2v) is 7.94. The van der Waals surface area contributed by atoms with E-state index in [0.29, 0.717) is 19.6 Å². The third-order valence-corrected chi connectivity index (χ3v) is 4.83. The first-order chi connectivity index (χ1) is 11.8. The molecular weight excluding hydrogens is 344 g/mol. The van der Waals surface area contributed by atoms with Crippen molar-refractivity contribution >= 4 is 27.2 Å². The predicted molar refractivity (Wildman–Crippen MR) is 96.1 cm³/mol. The van der Waals surface area contributed by atoms with Gasteiger partial charge in [-0.05, 0) is 30.0 Å². The average Bonchev–Trinajstić information content (AvgIpc) is 2.96. The first-order valence-corrected chi connectivity index (χ1v) is 9.87. The van der Waals surface area contributed by atoms with E-state index in [2.05, 4.69) is 9.62 Å². The normalized spacial score (nSPS) is 17.4. The van der Waals surface area contributed by atoms with Gasteiger partial charge in [0.1, 0.15) is 5.58 Å². The Morgan fingerprint density at radius 3 is 2.60 bits per heavy atom. The van der Waals surface area contributed by atoms with E-state index in [0.717, 1.165) is 35.5 Å². The van der Waals surface area contributed by atoms with Gasteiger partial charge >= 0.3 is 10.3 Å². The van der Waals surface area contributed by atoms with Crippen LogP contribution in [0.15, 0.2) is 28.7 Å². The van der Waals surface area contributed by atoms with Gasteiger partial charge in [0, 0.05) is 30.6 Å². The molecule has 1 fully saturated rings. The molecular formula is C17H24N2O5S.